The average molecular weight is 378 g/mol. The predicted octanol–water partition coefficient (Wildman–Crippen LogP) is 4.35. The van der Waals surface area contributed by atoms with Gasteiger partial charge in [-0.3, -0.25) is 4.79 Å². The molecule has 8 heteroatoms. The van der Waals surface area contributed by atoms with Crippen molar-refractivity contribution in [3.8, 4) is 0 Å². The SMILES string of the molecule is Cc1csc(Sc2ccc(NC(=O)C(C)(C)N)cc2Cl)n1.Cl. The first-order chi connectivity index (χ1) is 9.75. The van der Waals surface area contributed by atoms with Gasteiger partial charge in [0.05, 0.1) is 10.6 Å². The van der Waals surface area contributed by atoms with Gasteiger partial charge < -0.3 is 11.1 Å². The van der Waals surface area contributed by atoms with Crippen LogP contribution in [0.2, 0.25) is 5.02 Å². The topological polar surface area (TPSA) is 68.0 Å². The van der Waals surface area contributed by atoms with Gasteiger partial charge in [-0.15, -0.1) is 23.7 Å². The first kappa shape index (κ1) is 19.3. The molecule has 1 heterocycles. The maximum Gasteiger partial charge on any atom is 0.243 e. The lowest BCUT2D eigenvalue weighted by atomic mass is 10.1. The molecule has 0 aliphatic heterocycles. The molecule has 4 nitrogen and oxygen atoms in total. The number of carbonyl (C=O) groups is 1. The minimum Gasteiger partial charge on any atom is -0.324 e. The van der Waals surface area contributed by atoms with Gasteiger partial charge in [0.2, 0.25) is 5.91 Å². The molecule has 0 fully saturated rings. The smallest absolute Gasteiger partial charge is 0.243 e. The largest absolute Gasteiger partial charge is 0.324 e. The maximum atomic E-state index is 11.8. The number of rotatable bonds is 4. The molecule has 2 rings (SSSR count). The molecular formula is C14H17Cl2N3OS2. The van der Waals surface area contributed by atoms with E-state index in [9.17, 15) is 4.79 Å². The van der Waals surface area contributed by atoms with E-state index in [2.05, 4.69) is 10.3 Å². The fourth-order valence-corrected chi connectivity index (χ4v) is 3.52. The summed E-state index contributed by atoms with van der Waals surface area (Å²) >= 11 is 9.34. The van der Waals surface area contributed by atoms with Crippen molar-refractivity contribution < 1.29 is 4.79 Å². The third-order valence-electron chi connectivity index (χ3n) is 2.57. The van der Waals surface area contributed by atoms with Crippen molar-refractivity contribution in [3.05, 3.63) is 34.3 Å². The third-order valence-corrected chi connectivity index (χ3v) is 5.13. The quantitative estimate of drug-likeness (QED) is 0.830. The van der Waals surface area contributed by atoms with Crippen molar-refractivity contribution in [2.45, 2.75) is 35.5 Å². The van der Waals surface area contributed by atoms with Gasteiger partial charge in [0, 0.05) is 21.7 Å². The third kappa shape index (κ3) is 5.14. The molecule has 22 heavy (non-hydrogen) atoms. The van der Waals surface area contributed by atoms with E-state index in [1.54, 1.807) is 37.3 Å². The maximum absolute atomic E-state index is 11.8. The molecule has 0 saturated carbocycles. The summed E-state index contributed by atoms with van der Waals surface area (Å²) in [5.74, 6) is -0.255. The number of aryl methyl sites for hydroxylation is 1. The number of halogens is 2. The van der Waals surface area contributed by atoms with Crippen LogP contribution in [0.4, 0.5) is 5.69 Å². The Labute approximate surface area is 149 Å². The summed E-state index contributed by atoms with van der Waals surface area (Å²) in [4.78, 5) is 17.1. The Balaban J connectivity index is 0.00000242. The number of nitrogens with two attached hydrogens (primary N) is 1. The van der Waals surface area contributed by atoms with Gasteiger partial charge in [-0.1, -0.05) is 23.4 Å². The standard InChI is InChI=1S/C14H16ClN3OS2.ClH/c1-8-7-20-13(17-8)21-11-5-4-9(6-10(11)15)18-12(19)14(2,3)16;/h4-7H,16H2,1-3H3,(H,18,19);1H. The number of anilines is 1. The van der Waals surface area contributed by atoms with Crippen LogP contribution in [0.5, 0.6) is 0 Å². The van der Waals surface area contributed by atoms with Crippen LogP contribution >= 0.6 is 47.1 Å². The number of carbonyl (C=O) groups excluding carboxylic acids is 1. The molecule has 0 spiro atoms. The zero-order valence-electron chi connectivity index (χ0n) is 12.3. The number of benzene rings is 1. The molecule has 0 radical (unpaired) electrons. The Morgan fingerprint density at radius 1 is 1.45 bits per heavy atom. The van der Waals surface area contributed by atoms with Crippen molar-refractivity contribution >= 4 is 58.7 Å². The van der Waals surface area contributed by atoms with Crippen LogP contribution in [0.3, 0.4) is 0 Å². The lowest BCUT2D eigenvalue weighted by molar-refractivity contribution is -0.120. The Kier molecular flexibility index (Phi) is 6.70. The number of nitrogens with one attached hydrogen (secondary N) is 1. The van der Waals surface area contributed by atoms with Crippen LogP contribution < -0.4 is 11.1 Å². The van der Waals surface area contributed by atoms with Gasteiger partial charge in [0.15, 0.2) is 4.34 Å². The highest BCUT2D eigenvalue weighted by Gasteiger charge is 2.22. The van der Waals surface area contributed by atoms with Crippen LogP contribution in [0.1, 0.15) is 19.5 Å². The Bertz CT molecular complexity index is 668. The van der Waals surface area contributed by atoms with Gasteiger partial charge in [0.1, 0.15) is 0 Å². The van der Waals surface area contributed by atoms with Crippen LogP contribution in [-0.2, 0) is 4.79 Å². The zero-order valence-corrected chi connectivity index (χ0v) is 15.6. The molecule has 0 aliphatic carbocycles. The second-order valence-corrected chi connectivity index (χ2v) is 7.73. The second kappa shape index (κ2) is 7.66. The molecule has 0 aliphatic rings. The fourth-order valence-electron chi connectivity index (χ4n) is 1.43. The molecule has 0 bridgehead atoms. The zero-order chi connectivity index (χ0) is 15.6. The van der Waals surface area contributed by atoms with Crippen molar-refractivity contribution in [3.63, 3.8) is 0 Å². The Morgan fingerprint density at radius 3 is 2.64 bits per heavy atom. The van der Waals surface area contributed by atoms with E-state index in [0.29, 0.717) is 10.7 Å². The highest BCUT2D eigenvalue weighted by molar-refractivity contribution is 8.01. The second-order valence-electron chi connectivity index (χ2n) is 5.18. The van der Waals surface area contributed by atoms with Crippen molar-refractivity contribution in [2.24, 2.45) is 5.73 Å². The molecule has 0 saturated heterocycles. The number of thiazole rings is 1. The number of aromatic nitrogens is 1. The van der Waals surface area contributed by atoms with E-state index >= 15 is 0 Å². The van der Waals surface area contributed by atoms with Gasteiger partial charge in [0.25, 0.3) is 0 Å². The lowest BCUT2D eigenvalue weighted by Crippen LogP contribution is -2.45. The van der Waals surface area contributed by atoms with Gasteiger partial charge in [-0.05, 0) is 39.0 Å². The molecule has 1 amide bonds. The summed E-state index contributed by atoms with van der Waals surface area (Å²) in [6.07, 6.45) is 0. The minimum absolute atomic E-state index is 0. The highest BCUT2D eigenvalue weighted by Crippen LogP contribution is 2.36. The van der Waals surface area contributed by atoms with E-state index in [0.717, 1.165) is 14.9 Å². The summed E-state index contributed by atoms with van der Waals surface area (Å²) in [5, 5.41) is 5.31. The van der Waals surface area contributed by atoms with Gasteiger partial charge >= 0.3 is 0 Å². The predicted molar refractivity (Wildman–Crippen MR) is 96.6 cm³/mol. The number of nitrogens with zero attached hydrogens (tertiary/aromatic N) is 1. The first-order valence-electron chi connectivity index (χ1n) is 6.25. The van der Waals surface area contributed by atoms with Gasteiger partial charge in [-0.2, -0.15) is 0 Å². The summed E-state index contributed by atoms with van der Waals surface area (Å²) in [6.45, 7) is 5.26. The van der Waals surface area contributed by atoms with E-state index in [1.807, 2.05) is 18.4 Å². The van der Waals surface area contributed by atoms with Crippen LogP contribution in [0, 0.1) is 6.92 Å². The number of hydrogen-bond acceptors (Lipinski definition) is 5. The Morgan fingerprint density at radius 2 is 2.14 bits per heavy atom. The van der Waals surface area contributed by atoms with Crippen molar-refractivity contribution in [1.29, 1.82) is 0 Å². The first-order valence-corrected chi connectivity index (χ1v) is 8.33. The van der Waals surface area contributed by atoms with E-state index in [-0.39, 0.29) is 18.3 Å². The van der Waals surface area contributed by atoms with Crippen LogP contribution in [0.25, 0.3) is 0 Å². The van der Waals surface area contributed by atoms with Crippen molar-refractivity contribution in [2.75, 3.05) is 5.32 Å². The van der Waals surface area contributed by atoms with E-state index < -0.39 is 5.54 Å². The summed E-state index contributed by atoms with van der Waals surface area (Å²) < 4.78 is 0.939. The average Bonchev–Trinajstić information content (AvgIpc) is 2.77. The normalized spacial score (nSPS) is 11.0. The molecule has 1 aromatic carbocycles. The van der Waals surface area contributed by atoms with Crippen LogP contribution in [-0.4, -0.2) is 16.4 Å². The molecular weight excluding hydrogens is 361 g/mol. The fraction of sp³-hybridized carbons (Fsp3) is 0.286. The van der Waals surface area contributed by atoms with E-state index in [1.165, 1.54) is 11.8 Å². The van der Waals surface area contributed by atoms with Crippen LogP contribution in [0.15, 0.2) is 32.8 Å². The Hall–Kier alpha value is -0.790. The molecule has 0 atom stereocenters. The summed E-state index contributed by atoms with van der Waals surface area (Å²) in [5.41, 5.74) is 6.43. The summed E-state index contributed by atoms with van der Waals surface area (Å²) in [6, 6.07) is 5.38. The molecule has 0 unspecified atom stereocenters. The molecule has 1 aromatic heterocycles. The van der Waals surface area contributed by atoms with Gasteiger partial charge in [-0.25, -0.2) is 4.98 Å². The van der Waals surface area contributed by atoms with Crippen molar-refractivity contribution in [1.82, 2.24) is 4.98 Å². The number of hydrogen-bond donors (Lipinski definition) is 2. The summed E-state index contributed by atoms with van der Waals surface area (Å²) in [7, 11) is 0. The highest BCUT2D eigenvalue weighted by atomic mass is 35.5. The number of amides is 1. The molecule has 2 aromatic rings. The molecule has 120 valence electrons. The monoisotopic (exact) mass is 377 g/mol. The minimum atomic E-state index is -0.932. The molecule has 3 N–H and O–H groups in total. The lowest BCUT2D eigenvalue weighted by Gasteiger charge is -2.18. The van der Waals surface area contributed by atoms with E-state index in [4.69, 9.17) is 17.3 Å².